The highest BCUT2D eigenvalue weighted by Gasteiger charge is 2.34. The maximum absolute atomic E-state index is 13.1. The molecule has 0 radical (unpaired) electrons. The van der Waals surface area contributed by atoms with E-state index in [2.05, 4.69) is 0 Å². The largest absolute Gasteiger partial charge is 0.291 e. The van der Waals surface area contributed by atoms with Gasteiger partial charge in [-0.3, -0.25) is 4.79 Å². The minimum atomic E-state index is -2.56. The smallest absolute Gasteiger partial charge is 0.248 e. The van der Waals surface area contributed by atoms with E-state index in [9.17, 15) is 18.0 Å². The predicted octanol–water partition coefficient (Wildman–Crippen LogP) is 3.69. The second kappa shape index (κ2) is 4.60. The molecule has 0 aliphatic heterocycles. The minimum Gasteiger partial charge on any atom is -0.291 e. The van der Waals surface area contributed by atoms with Crippen LogP contribution in [0.15, 0.2) is 12.2 Å². The van der Waals surface area contributed by atoms with E-state index in [1.54, 1.807) is 6.08 Å². The summed E-state index contributed by atoms with van der Waals surface area (Å²) in [7, 11) is 0. The van der Waals surface area contributed by atoms with Gasteiger partial charge in [0.2, 0.25) is 5.92 Å². The lowest BCUT2D eigenvalue weighted by molar-refractivity contribution is -0.123. The van der Waals surface area contributed by atoms with Crippen LogP contribution in [0.2, 0.25) is 0 Å². The summed E-state index contributed by atoms with van der Waals surface area (Å²) in [6.07, 6.45) is 3.20. The molecule has 0 aromatic carbocycles. The highest BCUT2D eigenvalue weighted by atomic mass is 19.3. The molecule has 4 heteroatoms. The second-order valence-corrected chi connectivity index (χ2v) is 4.89. The Morgan fingerprint density at radius 2 is 1.81 bits per heavy atom. The summed E-state index contributed by atoms with van der Waals surface area (Å²) in [4.78, 5) is 11.2. The molecule has 92 valence electrons. The maximum Gasteiger partial charge on any atom is 0.248 e. The molecule has 0 aromatic heterocycles. The van der Waals surface area contributed by atoms with E-state index < -0.39 is 17.4 Å². The van der Waals surface area contributed by atoms with Crippen molar-refractivity contribution in [3.05, 3.63) is 12.2 Å². The highest BCUT2D eigenvalue weighted by molar-refractivity contribution is 5.96. The molecule has 0 unspecified atom stereocenters. The first-order chi connectivity index (χ1) is 7.21. The molecule has 0 spiro atoms. The standard InChI is InChI=1S/C12H17F3O/c1-11(2,13)10(16)4-3-9-5-7-12(14,15)8-6-9/h3-4,9H,5-8H2,1-2H3. The van der Waals surface area contributed by atoms with Crippen molar-refractivity contribution in [3.63, 3.8) is 0 Å². The summed E-state index contributed by atoms with van der Waals surface area (Å²) < 4.78 is 38.8. The average molecular weight is 234 g/mol. The second-order valence-electron chi connectivity index (χ2n) is 4.89. The topological polar surface area (TPSA) is 17.1 Å². The van der Waals surface area contributed by atoms with Crippen LogP contribution in [0.4, 0.5) is 13.2 Å². The van der Waals surface area contributed by atoms with E-state index in [0.717, 1.165) is 0 Å². The van der Waals surface area contributed by atoms with Crippen LogP contribution in [0.3, 0.4) is 0 Å². The SMILES string of the molecule is CC(C)(F)C(=O)C=CC1CCC(F)(F)CC1. The number of allylic oxidation sites excluding steroid dienone is 2. The maximum atomic E-state index is 13.1. The zero-order valence-corrected chi connectivity index (χ0v) is 9.60. The quantitative estimate of drug-likeness (QED) is 0.681. The number of hydrogen-bond donors (Lipinski definition) is 0. The molecule has 1 aliphatic carbocycles. The summed E-state index contributed by atoms with van der Waals surface area (Å²) in [5, 5.41) is 0. The minimum absolute atomic E-state index is 0.0223. The molecule has 0 aromatic rings. The lowest BCUT2D eigenvalue weighted by Crippen LogP contribution is -2.25. The van der Waals surface area contributed by atoms with E-state index in [4.69, 9.17) is 0 Å². The molecule has 1 saturated carbocycles. The first kappa shape index (κ1) is 13.3. The first-order valence-corrected chi connectivity index (χ1v) is 5.50. The Kier molecular flexibility index (Phi) is 3.81. The normalized spacial score (nSPS) is 22.6. The third-order valence-corrected chi connectivity index (χ3v) is 2.87. The van der Waals surface area contributed by atoms with E-state index in [0.29, 0.717) is 12.8 Å². The van der Waals surface area contributed by atoms with Gasteiger partial charge in [-0.2, -0.15) is 0 Å². The van der Waals surface area contributed by atoms with Gasteiger partial charge in [-0.15, -0.1) is 0 Å². The van der Waals surface area contributed by atoms with Crippen LogP contribution in [0.5, 0.6) is 0 Å². The number of hydrogen-bond acceptors (Lipinski definition) is 1. The summed E-state index contributed by atoms with van der Waals surface area (Å²) in [5.74, 6) is -3.19. The van der Waals surface area contributed by atoms with Gasteiger partial charge in [-0.05, 0) is 38.7 Å². The van der Waals surface area contributed by atoms with Crippen molar-refractivity contribution in [2.24, 2.45) is 5.92 Å². The Bertz CT molecular complexity index is 279. The van der Waals surface area contributed by atoms with Crippen LogP contribution in [0.25, 0.3) is 0 Å². The predicted molar refractivity (Wildman–Crippen MR) is 56.2 cm³/mol. The molecule has 0 N–H and O–H groups in total. The number of carbonyl (C=O) groups excluding carboxylic acids is 1. The van der Waals surface area contributed by atoms with E-state index in [-0.39, 0.29) is 18.8 Å². The molecular weight excluding hydrogens is 217 g/mol. The van der Waals surface area contributed by atoms with Crippen molar-refractivity contribution in [1.82, 2.24) is 0 Å². The Labute approximate surface area is 93.7 Å². The Morgan fingerprint density at radius 3 is 2.25 bits per heavy atom. The number of alkyl halides is 3. The van der Waals surface area contributed by atoms with Crippen molar-refractivity contribution < 1.29 is 18.0 Å². The van der Waals surface area contributed by atoms with Gasteiger partial charge in [-0.1, -0.05) is 6.08 Å². The van der Waals surface area contributed by atoms with Gasteiger partial charge < -0.3 is 0 Å². The Balaban J connectivity index is 2.45. The lowest BCUT2D eigenvalue weighted by Gasteiger charge is -2.26. The number of rotatable bonds is 3. The molecule has 1 fully saturated rings. The molecule has 0 amide bonds. The van der Waals surface area contributed by atoms with Gasteiger partial charge in [-0.25, -0.2) is 13.2 Å². The molecule has 1 aliphatic rings. The Hall–Kier alpha value is -0.800. The van der Waals surface area contributed by atoms with Crippen LogP contribution < -0.4 is 0 Å². The van der Waals surface area contributed by atoms with Crippen LogP contribution in [0, 0.1) is 5.92 Å². The third kappa shape index (κ3) is 3.99. The van der Waals surface area contributed by atoms with Crippen molar-refractivity contribution >= 4 is 5.78 Å². The van der Waals surface area contributed by atoms with Gasteiger partial charge >= 0.3 is 0 Å². The summed E-state index contributed by atoms with van der Waals surface area (Å²) in [6.45, 7) is 2.38. The molecule has 0 saturated heterocycles. The van der Waals surface area contributed by atoms with Gasteiger partial charge in [0.1, 0.15) is 0 Å². The zero-order valence-electron chi connectivity index (χ0n) is 9.60. The van der Waals surface area contributed by atoms with Crippen molar-refractivity contribution in [3.8, 4) is 0 Å². The van der Waals surface area contributed by atoms with Gasteiger partial charge in [0.05, 0.1) is 0 Å². The van der Waals surface area contributed by atoms with Crippen LogP contribution >= 0.6 is 0 Å². The van der Waals surface area contributed by atoms with Crippen molar-refractivity contribution in [1.29, 1.82) is 0 Å². The molecule has 0 heterocycles. The van der Waals surface area contributed by atoms with Gasteiger partial charge in [0.15, 0.2) is 11.5 Å². The fourth-order valence-electron chi connectivity index (χ4n) is 1.68. The average Bonchev–Trinajstić information content (AvgIpc) is 2.14. The highest BCUT2D eigenvalue weighted by Crippen LogP contribution is 2.36. The summed E-state index contributed by atoms with van der Waals surface area (Å²) >= 11 is 0. The summed E-state index contributed by atoms with van der Waals surface area (Å²) in [6, 6.07) is 0. The van der Waals surface area contributed by atoms with Gasteiger partial charge in [0.25, 0.3) is 0 Å². The lowest BCUT2D eigenvalue weighted by atomic mass is 9.86. The summed E-state index contributed by atoms with van der Waals surface area (Å²) in [5.41, 5.74) is -1.88. The molecule has 1 nitrogen and oxygen atoms in total. The Morgan fingerprint density at radius 1 is 1.31 bits per heavy atom. The van der Waals surface area contributed by atoms with Crippen LogP contribution in [-0.4, -0.2) is 17.4 Å². The van der Waals surface area contributed by atoms with E-state index in [1.807, 2.05) is 0 Å². The van der Waals surface area contributed by atoms with E-state index in [1.165, 1.54) is 19.9 Å². The first-order valence-electron chi connectivity index (χ1n) is 5.50. The number of halogens is 3. The molecule has 1 rings (SSSR count). The fraction of sp³-hybridized carbons (Fsp3) is 0.750. The third-order valence-electron chi connectivity index (χ3n) is 2.87. The van der Waals surface area contributed by atoms with Crippen molar-refractivity contribution in [2.45, 2.75) is 51.1 Å². The number of carbonyl (C=O) groups is 1. The number of ketones is 1. The molecule has 0 atom stereocenters. The zero-order chi connectivity index (χ0) is 12.4. The molecule has 16 heavy (non-hydrogen) atoms. The molecule has 0 bridgehead atoms. The van der Waals surface area contributed by atoms with E-state index >= 15 is 0 Å². The molecular formula is C12H17F3O. The van der Waals surface area contributed by atoms with Crippen LogP contribution in [0.1, 0.15) is 39.5 Å². The van der Waals surface area contributed by atoms with Gasteiger partial charge in [0, 0.05) is 12.8 Å². The van der Waals surface area contributed by atoms with Crippen LogP contribution in [-0.2, 0) is 4.79 Å². The monoisotopic (exact) mass is 234 g/mol. The van der Waals surface area contributed by atoms with Crippen molar-refractivity contribution in [2.75, 3.05) is 0 Å². The fourth-order valence-corrected chi connectivity index (χ4v) is 1.68.